The van der Waals surface area contributed by atoms with E-state index in [1.54, 1.807) is 6.07 Å². The van der Waals surface area contributed by atoms with Gasteiger partial charge in [0, 0.05) is 18.7 Å². The van der Waals surface area contributed by atoms with Crippen molar-refractivity contribution in [2.45, 2.75) is 19.8 Å². The highest BCUT2D eigenvalue weighted by atomic mass is 32.2. The first-order valence-electron chi connectivity index (χ1n) is 8.86. The quantitative estimate of drug-likeness (QED) is 0.554. The molecule has 144 valence electrons. The van der Waals surface area contributed by atoms with Gasteiger partial charge in [-0.3, -0.25) is 14.5 Å². The molecule has 0 atom stereocenters. The van der Waals surface area contributed by atoms with Gasteiger partial charge in [0.05, 0.1) is 4.91 Å². The van der Waals surface area contributed by atoms with Crippen LogP contribution in [0, 0.1) is 5.82 Å². The lowest BCUT2D eigenvalue weighted by atomic mass is 10.1. The number of rotatable bonds is 6. The SMILES string of the molecule is CCc1ccc(/C=C2\SC(=S)N(CCC(=O)Nc3cccc(F)c3)C2=O)cc1. The minimum atomic E-state index is -0.424. The van der Waals surface area contributed by atoms with Crippen LogP contribution in [0.1, 0.15) is 24.5 Å². The molecule has 1 fully saturated rings. The van der Waals surface area contributed by atoms with Gasteiger partial charge in [0.2, 0.25) is 5.91 Å². The Labute approximate surface area is 172 Å². The molecule has 2 aromatic rings. The van der Waals surface area contributed by atoms with E-state index in [-0.39, 0.29) is 24.8 Å². The first-order valence-corrected chi connectivity index (χ1v) is 10.1. The molecular formula is C21H19FN2O2S2. The summed E-state index contributed by atoms with van der Waals surface area (Å²) in [5.74, 6) is -0.932. The lowest BCUT2D eigenvalue weighted by Gasteiger charge is -2.14. The molecule has 0 aliphatic carbocycles. The predicted octanol–water partition coefficient (Wildman–Crippen LogP) is 4.62. The Morgan fingerprint density at radius 1 is 1.25 bits per heavy atom. The molecule has 1 aliphatic heterocycles. The second-order valence-corrected chi connectivity index (χ2v) is 7.91. The van der Waals surface area contributed by atoms with Crippen LogP contribution in [-0.4, -0.2) is 27.6 Å². The summed E-state index contributed by atoms with van der Waals surface area (Å²) in [5.41, 5.74) is 2.54. The van der Waals surface area contributed by atoms with Gasteiger partial charge >= 0.3 is 0 Å². The summed E-state index contributed by atoms with van der Waals surface area (Å²) in [5, 5.41) is 2.62. The zero-order chi connectivity index (χ0) is 20.1. The Morgan fingerprint density at radius 3 is 2.68 bits per heavy atom. The van der Waals surface area contributed by atoms with E-state index in [4.69, 9.17) is 12.2 Å². The van der Waals surface area contributed by atoms with E-state index < -0.39 is 5.82 Å². The van der Waals surface area contributed by atoms with Gasteiger partial charge in [-0.1, -0.05) is 61.2 Å². The molecule has 3 rings (SSSR count). The number of hydrogen-bond acceptors (Lipinski definition) is 4. The van der Waals surface area contributed by atoms with Crippen molar-refractivity contribution < 1.29 is 14.0 Å². The molecule has 1 aliphatic rings. The van der Waals surface area contributed by atoms with Crippen molar-refractivity contribution in [2.75, 3.05) is 11.9 Å². The maximum atomic E-state index is 13.2. The van der Waals surface area contributed by atoms with Gasteiger partial charge in [-0.05, 0) is 41.8 Å². The summed E-state index contributed by atoms with van der Waals surface area (Å²) >= 11 is 6.53. The zero-order valence-electron chi connectivity index (χ0n) is 15.3. The molecule has 0 unspecified atom stereocenters. The number of thiocarbonyl (C=S) groups is 1. The van der Waals surface area contributed by atoms with Crippen LogP contribution >= 0.6 is 24.0 Å². The zero-order valence-corrected chi connectivity index (χ0v) is 16.9. The standard InChI is InChI=1S/C21H19FN2O2S2/c1-2-14-6-8-15(9-7-14)12-18-20(26)24(21(27)28-18)11-10-19(25)23-17-5-3-4-16(22)13-17/h3-9,12-13H,2,10-11H2,1H3,(H,23,25)/b18-12-. The van der Waals surface area contributed by atoms with E-state index >= 15 is 0 Å². The lowest BCUT2D eigenvalue weighted by Crippen LogP contribution is -2.31. The summed E-state index contributed by atoms with van der Waals surface area (Å²) < 4.78 is 13.6. The van der Waals surface area contributed by atoms with Crippen molar-refractivity contribution in [2.24, 2.45) is 0 Å². The largest absolute Gasteiger partial charge is 0.326 e. The van der Waals surface area contributed by atoms with E-state index in [2.05, 4.69) is 12.2 Å². The molecule has 28 heavy (non-hydrogen) atoms. The Balaban J connectivity index is 1.60. The molecule has 4 nitrogen and oxygen atoms in total. The highest BCUT2D eigenvalue weighted by Crippen LogP contribution is 2.32. The molecule has 0 radical (unpaired) electrons. The fraction of sp³-hybridized carbons (Fsp3) is 0.190. The Morgan fingerprint density at radius 2 is 2.00 bits per heavy atom. The predicted molar refractivity (Wildman–Crippen MR) is 115 cm³/mol. The van der Waals surface area contributed by atoms with E-state index in [1.165, 1.54) is 40.4 Å². The highest BCUT2D eigenvalue weighted by molar-refractivity contribution is 8.26. The molecule has 2 aromatic carbocycles. The van der Waals surface area contributed by atoms with Crippen LogP contribution in [-0.2, 0) is 16.0 Å². The summed E-state index contributed by atoms with van der Waals surface area (Å²) in [6.45, 7) is 2.27. The minimum Gasteiger partial charge on any atom is -0.326 e. The van der Waals surface area contributed by atoms with Gasteiger partial charge in [-0.15, -0.1) is 0 Å². The average molecular weight is 415 g/mol. The normalized spacial score (nSPS) is 15.4. The number of nitrogens with zero attached hydrogens (tertiary/aromatic N) is 1. The van der Waals surface area contributed by atoms with Gasteiger partial charge in [0.15, 0.2) is 0 Å². The van der Waals surface area contributed by atoms with Crippen molar-refractivity contribution in [3.8, 4) is 0 Å². The molecule has 0 saturated carbocycles. The molecular weight excluding hydrogens is 395 g/mol. The number of thioether (sulfide) groups is 1. The van der Waals surface area contributed by atoms with Crippen LogP contribution in [0.4, 0.5) is 10.1 Å². The van der Waals surface area contributed by atoms with E-state index in [9.17, 15) is 14.0 Å². The Kier molecular flexibility index (Phi) is 6.59. The van der Waals surface area contributed by atoms with Crippen molar-refractivity contribution in [1.82, 2.24) is 4.90 Å². The first kappa shape index (κ1) is 20.2. The third-order valence-electron chi connectivity index (χ3n) is 4.23. The molecule has 0 bridgehead atoms. The van der Waals surface area contributed by atoms with E-state index in [1.807, 2.05) is 30.3 Å². The van der Waals surface area contributed by atoms with Gasteiger partial charge in [0.1, 0.15) is 10.1 Å². The Hall–Kier alpha value is -2.51. The van der Waals surface area contributed by atoms with Crippen LogP contribution in [0.5, 0.6) is 0 Å². The fourth-order valence-corrected chi connectivity index (χ4v) is 4.01. The molecule has 1 N–H and O–H groups in total. The van der Waals surface area contributed by atoms with E-state index in [0.29, 0.717) is 14.9 Å². The van der Waals surface area contributed by atoms with Gasteiger partial charge in [-0.2, -0.15) is 0 Å². The fourth-order valence-electron chi connectivity index (χ4n) is 2.70. The number of hydrogen-bond donors (Lipinski definition) is 1. The summed E-state index contributed by atoms with van der Waals surface area (Å²) in [4.78, 5) is 26.7. The minimum absolute atomic E-state index is 0.0709. The van der Waals surface area contributed by atoms with Crippen LogP contribution in [0.25, 0.3) is 6.08 Å². The van der Waals surface area contributed by atoms with Crippen LogP contribution in [0.15, 0.2) is 53.4 Å². The number of carbonyl (C=O) groups excluding carboxylic acids is 2. The maximum Gasteiger partial charge on any atom is 0.266 e. The molecule has 0 aromatic heterocycles. The third kappa shape index (κ3) is 5.05. The number of amides is 2. The highest BCUT2D eigenvalue weighted by Gasteiger charge is 2.32. The molecule has 1 saturated heterocycles. The van der Waals surface area contributed by atoms with Crippen LogP contribution in [0.3, 0.4) is 0 Å². The van der Waals surface area contributed by atoms with Crippen molar-refractivity contribution >= 4 is 51.9 Å². The maximum absolute atomic E-state index is 13.2. The molecule has 7 heteroatoms. The number of nitrogens with one attached hydrogen (secondary N) is 1. The summed E-state index contributed by atoms with van der Waals surface area (Å²) in [6.07, 6.45) is 2.84. The number of anilines is 1. The molecule has 1 heterocycles. The topological polar surface area (TPSA) is 49.4 Å². The number of carbonyl (C=O) groups is 2. The number of halogens is 1. The lowest BCUT2D eigenvalue weighted by molar-refractivity contribution is -0.122. The number of aryl methyl sites for hydroxylation is 1. The van der Waals surface area contributed by atoms with Crippen molar-refractivity contribution in [3.63, 3.8) is 0 Å². The number of benzene rings is 2. The van der Waals surface area contributed by atoms with Gasteiger partial charge < -0.3 is 5.32 Å². The molecule has 2 amide bonds. The average Bonchev–Trinajstić information content (AvgIpc) is 2.93. The summed E-state index contributed by atoms with van der Waals surface area (Å²) in [7, 11) is 0. The second-order valence-electron chi connectivity index (χ2n) is 6.24. The summed E-state index contributed by atoms with van der Waals surface area (Å²) in [6, 6.07) is 13.7. The Bertz CT molecular complexity index is 942. The van der Waals surface area contributed by atoms with Crippen LogP contribution in [0.2, 0.25) is 0 Å². The smallest absolute Gasteiger partial charge is 0.266 e. The molecule has 0 spiro atoms. The monoisotopic (exact) mass is 414 g/mol. The van der Waals surface area contributed by atoms with Crippen molar-refractivity contribution in [1.29, 1.82) is 0 Å². The van der Waals surface area contributed by atoms with Crippen molar-refractivity contribution in [3.05, 3.63) is 70.4 Å². The van der Waals surface area contributed by atoms with Gasteiger partial charge in [-0.25, -0.2) is 4.39 Å². The first-order chi connectivity index (χ1) is 13.5. The third-order valence-corrected chi connectivity index (χ3v) is 5.61. The van der Waals surface area contributed by atoms with E-state index in [0.717, 1.165) is 12.0 Å². The van der Waals surface area contributed by atoms with Crippen LogP contribution < -0.4 is 5.32 Å². The second kappa shape index (κ2) is 9.12. The van der Waals surface area contributed by atoms with Gasteiger partial charge in [0.25, 0.3) is 5.91 Å².